The molecule has 10 nitrogen and oxygen atoms in total. The highest BCUT2D eigenvalue weighted by atomic mass is 16.7. The van der Waals surface area contributed by atoms with Crippen molar-refractivity contribution >= 4 is 5.91 Å². The van der Waals surface area contributed by atoms with Gasteiger partial charge in [0.05, 0.1) is 25.4 Å². The normalized spacial score (nSPS) is 23.1. The molecule has 0 aromatic rings. The molecule has 1 aliphatic heterocycles. The Balaban J connectivity index is 2.54. The molecule has 0 radical (unpaired) electrons. The molecule has 294 valence electrons. The van der Waals surface area contributed by atoms with Crippen molar-refractivity contribution in [3.05, 3.63) is 24.3 Å². The SMILES string of the molecule is CCCCCCCCCC/C=C/CC/C=C/C(O)C(COC1OC(CO)C(O)C(O)C1O)NC(=O)C(O)CCCCCCCCCCCCC. The van der Waals surface area contributed by atoms with Gasteiger partial charge in [-0.25, -0.2) is 0 Å². The lowest BCUT2D eigenvalue weighted by atomic mass is 9.99. The summed E-state index contributed by atoms with van der Waals surface area (Å²) in [6, 6.07) is -0.990. The van der Waals surface area contributed by atoms with Crippen molar-refractivity contribution < 1.29 is 44.9 Å². The molecule has 1 aliphatic rings. The maximum atomic E-state index is 12.9. The van der Waals surface area contributed by atoms with Crippen LogP contribution in [0.15, 0.2) is 24.3 Å². The Morgan fingerprint density at radius 2 is 1.18 bits per heavy atom. The molecule has 0 spiro atoms. The lowest BCUT2D eigenvalue weighted by Gasteiger charge is -2.40. The molecule has 0 aliphatic carbocycles. The quantitative estimate of drug-likeness (QED) is 0.0320. The second-order valence-electron chi connectivity index (χ2n) is 14.2. The molecule has 50 heavy (non-hydrogen) atoms. The summed E-state index contributed by atoms with van der Waals surface area (Å²) >= 11 is 0. The van der Waals surface area contributed by atoms with Crippen molar-refractivity contribution in [2.75, 3.05) is 13.2 Å². The number of nitrogens with one attached hydrogen (secondary N) is 1. The molecule has 8 atom stereocenters. The topological polar surface area (TPSA) is 169 Å². The van der Waals surface area contributed by atoms with Gasteiger partial charge in [0, 0.05) is 0 Å². The summed E-state index contributed by atoms with van der Waals surface area (Å²) in [6.45, 7) is 3.54. The minimum Gasteiger partial charge on any atom is -0.394 e. The average Bonchev–Trinajstić information content (AvgIpc) is 3.11. The Hall–Kier alpha value is -1.37. The highest BCUT2D eigenvalue weighted by molar-refractivity contribution is 5.80. The van der Waals surface area contributed by atoms with Gasteiger partial charge >= 0.3 is 0 Å². The monoisotopic (exact) mass is 714 g/mol. The molecule has 0 bridgehead atoms. The van der Waals surface area contributed by atoms with Gasteiger partial charge in [-0.15, -0.1) is 0 Å². The van der Waals surface area contributed by atoms with Crippen molar-refractivity contribution in [2.24, 2.45) is 0 Å². The molecule has 7 N–H and O–H groups in total. The van der Waals surface area contributed by atoms with E-state index in [4.69, 9.17) is 9.47 Å². The number of allylic oxidation sites excluding steroid dienone is 3. The van der Waals surface area contributed by atoms with Crippen molar-refractivity contribution in [3.8, 4) is 0 Å². The Labute approximate surface area is 303 Å². The number of carbonyl (C=O) groups is 1. The van der Waals surface area contributed by atoms with Crippen molar-refractivity contribution in [1.29, 1.82) is 0 Å². The number of aliphatic hydroxyl groups excluding tert-OH is 6. The predicted molar refractivity (Wildman–Crippen MR) is 199 cm³/mol. The molecule has 1 heterocycles. The van der Waals surface area contributed by atoms with E-state index in [1.165, 1.54) is 96.3 Å². The fourth-order valence-corrected chi connectivity index (χ4v) is 6.24. The van der Waals surface area contributed by atoms with Gasteiger partial charge in [-0.1, -0.05) is 154 Å². The summed E-state index contributed by atoms with van der Waals surface area (Å²) in [4.78, 5) is 12.9. The lowest BCUT2D eigenvalue weighted by Crippen LogP contribution is -2.60. The summed E-state index contributed by atoms with van der Waals surface area (Å²) in [7, 11) is 0. The van der Waals surface area contributed by atoms with Crippen LogP contribution in [0.4, 0.5) is 0 Å². The largest absolute Gasteiger partial charge is 0.394 e. The Kier molecular flexibility index (Phi) is 29.1. The zero-order chi connectivity index (χ0) is 36.8. The first kappa shape index (κ1) is 46.7. The zero-order valence-corrected chi connectivity index (χ0v) is 31.5. The van der Waals surface area contributed by atoms with E-state index in [-0.39, 0.29) is 6.61 Å². The van der Waals surface area contributed by atoms with Gasteiger partial charge in [-0.3, -0.25) is 4.79 Å². The van der Waals surface area contributed by atoms with E-state index >= 15 is 0 Å². The summed E-state index contributed by atoms with van der Waals surface area (Å²) < 4.78 is 11.1. The summed E-state index contributed by atoms with van der Waals surface area (Å²) in [5.74, 6) is -0.629. The number of aliphatic hydroxyl groups is 6. The molecular formula is C40H75NO9. The van der Waals surface area contributed by atoms with E-state index in [9.17, 15) is 35.4 Å². The van der Waals surface area contributed by atoms with Gasteiger partial charge < -0.3 is 45.4 Å². The third-order valence-electron chi connectivity index (χ3n) is 9.64. The summed E-state index contributed by atoms with van der Waals surface area (Å²) in [5, 5.41) is 64.3. The van der Waals surface area contributed by atoms with Crippen molar-refractivity contribution in [3.63, 3.8) is 0 Å². The fourth-order valence-electron chi connectivity index (χ4n) is 6.24. The number of ether oxygens (including phenoxy) is 2. The highest BCUT2D eigenvalue weighted by Gasteiger charge is 2.44. The van der Waals surface area contributed by atoms with Crippen molar-refractivity contribution in [2.45, 2.75) is 210 Å². The van der Waals surface area contributed by atoms with Gasteiger partial charge in [-0.05, 0) is 32.1 Å². The van der Waals surface area contributed by atoms with E-state index in [0.29, 0.717) is 19.3 Å². The van der Waals surface area contributed by atoms with Crippen molar-refractivity contribution in [1.82, 2.24) is 5.32 Å². The minimum atomic E-state index is -1.61. The van der Waals surface area contributed by atoms with E-state index in [1.54, 1.807) is 6.08 Å². The van der Waals surface area contributed by atoms with E-state index < -0.39 is 61.5 Å². The number of unbranched alkanes of at least 4 members (excludes halogenated alkanes) is 19. The smallest absolute Gasteiger partial charge is 0.249 e. The van der Waals surface area contributed by atoms with Crippen LogP contribution in [0, 0.1) is 0 Å². The van der Waals surface area contributed by atoms with Crippen LogP contribution in [-0.2, 0) is 14.3 Å². The Morgan fingerprint density at radius 3 is 1.74 bits per heavy atom. The van der Waals surface area contributed by atoms with Gasteiger partial charge in [0.2, 0.25) is 5.91 Å². The highest BCUT2D eigenvalue weighted by Crippen LogP contribution is 2.22. The lowest BCUT2D eigenvalue weighted by molar-refractivity contribution is -0.302. The molecule has 1 saturated heterocycles. The molecule has 1 fully saturated rings. The third kappa shape index (κ3) is 21.9. The number of hydrogen-bond acceptors (Lipinski definition) is 9. The maximum absolute atomic E-state index is 12.9. The number of carbonyl (C=O) groups excluding carboxylic acids is 1. The number of hydrogen-bond donors (Lipinski definition) is 7. The van der Waals surface area contributed by atoms with Crippen LogP contribution in [0.3, 0.4) is 0 Å². The first-order valence-electron chi connectivity index (χ1n) is 20.2. The molecule has 10 heteroatoms. The Bertz CT molecular complexity index is 855. The van der Waals surface area contributed by atoms with Crippen LogP contribution in [0.5, 0.6) is 0 Å². The number of rotatable bonds is 32. The molecule has 0 aromatic carbocycles. The van der Waals surface area contributed by atoms with Crippen LogP contribution in [0.2, 0.25) is 0 Å². The van der Waals surface area contributed by atoms with Gasteiger partial charge in [0.1, 0.15) is 30.5 Å². The molecule has 1 amide bonds. The Morgan fingerprint density at radius 1 is 0.680 bits per heavy atom. The second kappa shape index (κ2) is 31.2. The molecule has 1 rings (SSSR count). The minimum absolute atomic E-state index is 0.306. The van der Waals surface area contributed by atoms with Crippen LogP contribution in [0.25, 0.3) is 0 Å². The van der Waals surface area contributed by atoms with Gasteiger partial charge in [0.25, 0.3) is 0 Å². The maximum Gasteiger partial charge on any atom is 0.249 e. The first-order valence-corrected chi connectivity index (χ1v) is 20.2. The standard InChI is InChI=1S/C40H75NO9/c1-3-5-7-9-11-13-15-16-17-19-20-22-24-26-28-33(43)32(31-49-40-38(47)37(46)36(45)35(30-42)50-40)41-39(48)34(44)29-27-25-23-21-18-14-12-10-8-6-4-2/h19-20,26,28,32-38,40,42-47H,3-18,21-25,27,29-31H2,1-2H3,(H,41,48)/b20-19+,28-26+. The van der Waals surface area contributed by atoms with E-state index in [1.807, 2.05) is 6.08 Å². The van der Waals surface area contributed by atoms with E-state index in [0.717, 1.165) is 32.1 Å². The van der Waals surface area contributed by atoms with Gasteiger partial charge in [-0.2, -0.15) is 0 Å². The average molecular weight is 714 g/mol. The zero-order valence-electron chi connectivity index (χ0n) is 31.5. The van der Waals surface area contributed by atoms with E-state index in [2.05, 4.69) is 31.3 Å². The van der Waals surface area contributed by atoms with Gasteiger partial charge in [0.15, 0.2) is 6.29 Å². The predicted octanol–water partition coefficient (Wildman–Crippen LogP) is 6.13. The van der Waals surface area contributed by atoms with Crippen LogP contribution in [0.1, 0.15) is 162 Å². The first-order chi connectivity index (χ1) is 24.3. The fraction of sp³-hybridized carbons (Fsp3) is 0.875. The second-order valence-corrected chi connectivity index (χ2v) is 14.2. The summed E-state index contributed by atoms with van der Waals surface area (Å²) in [6.07, 6.45) is 24.1. The van der Waals surface area contributed by atoms with Crippen LogP contribution < -0.4 is 5.32 Å². The number of amides is 1. The van der Waals surface area contributed by atoms with Crippen LogP contribution >= 0.6 is 0 Å². The third-order valence-corrected chi connectivity index (χ3v) is 9.64. The summed E-state index contributed by atoms with van der Waals surface area (Å²) in [5.41, 5.74) is 0. The molecular weight excluding hydrogens is 638 g/mol. The molecule has 0 saturated carbocycles. The van der Waals surface area contributed by atoms with Crippen LogP contribution in [-0.4, -0.2) is 98.7 Å². The molecule has 0 aromatic heterocycles. The molecule has 8 unspecified atom stereocenters.